The summed E-state index contributed by atoms with van der Waals surface area (Å²) in [4.78, 5) is 40.9. The van der Waals surface area contributed by atoms with Crippen molar-refractivity contribution in [3.8, 4) is 0 Å². The lowest BCUT2D eigenvalue weighted by Crippen LogP contribution is -2.38. The lowest BCUT2D eigenvalue weighted by atomic mass is 10.1. The molecule has 1 N–H and O–H groups in total. The van der Waals surface area contributed by atoms with Crippen LogP contribution in [0.4, 0.5) is 11.4 Å². The second-order valence-electron chi connectivity index (χ2n) is 7.29. The molecular formula is C23H27N3O3. The molecule has 0 unspecified atom stereocenters. The van der Waals surface area contributed by atoms with Crippen molar-refractivity contribution in [1.82, 2.24) is 4.90 Å². The molecule has 152 valence electrons. The van der Waals surface area contributed by atoms with E-state index >= 15 is 0 Å². The average Bonchev–Trinajstić information content (AvgIpc) is 3.15. The Kier molecular flexibility index (Phi) is 6.65. The highest BCUT2D eigenvalue weighted by molar-refractivity contribution is 6.01. The van der Waals surface area contributed by atoms with Crippen LogP contribution in [0.5, 0.6) is 0 Å². The summed E-state index contributed by atoms with van der Waals surface area (Å²) in [6.07, 6.45) is 2.12. The van der Waals surface area contributed by atoms with Crippen molar-refractivity contribution in [3.05, 3.63) is 59.7 Å². The van der Waals surface area contributed by atoms with Crippen molar-refractivity contribution in [1.29, 1.82) is 0 Å². The van der Waals surface area contributed by atoms with Gasteiger partial charge in [-0.2, -0.15) is 0 Å². The average molecular weight is 393 g/mol. The van der Waals surface area contributed by atoms with E-state index in [1.54, 1.807) is 28.0 Å². The lowest BCUT2D eigenvalue weighted by Gasteiger charge is -2.23. The zero-order chi connectivity index (χ0) is 20.8. The highest BCUT2D eigenvalue weighted by atomic mass is 16.2. The van der Waals surface area contributed by atoms with Crippen LogP contribution in [0.25, 0.3) is 0 Å². The van der Waals surface area contributed by atoms with Gasteiger partial charge in [0, 0.05) is 36.4 Å². The molecule has 0 aliphatic carbocycles. The molecule has 0 saturated carbocycles. The smallest absolute Gasteiger partial charge is 0.254 e. The van der Waals surface area contributed by atoms with E-state index in [-0.39, 0.29) is 24.3 Å². The number of carbonyl (C=O) groups excluding carboxylic acids is 3. The van der Waals surface area contributed by atoms with Crippen LogP contribution in [-0.2, 0) is 9.59 Å². The van der Waals surface area contributed by atoms with Gasteiger partial charge in [0.25, 0.3) is 5.91 Å². The molecule has 1 heterocycles. The van der Waals surface area contributed by atoms with E-state index in [2.05, 4.69) is 5.32 Å². The summed E-state index contributed by atoms with van der Waals surface area (Å²) in [7, 11) is 0. The van der Waals surface area contributed by atoms with Crippen molar-refractivity contribution < 1.29 is 14.4 Å². The van der Waals surface area contributed by atoms with Gasteiger partial charge in [0.2, 0.25) is 11.8 Å². The Bertz CT molecular complexity index is 910. The predicted molar refractivity (Wildman–Crippen MR) is 114 cm³/mol. The molecular weight excluding hydrogens is 366 g/mol. The summed E-state index contributed by atoms with van der Waals surface area (Å²) in [6, 6.07) is 14.6. The Balaban J connectivity index is 1.73. The summed E-state index contributed by atoms with van der Waals surface area (Å²) >= 11 is 0. The maximum atomic E-state index is 13.1. The molecule has 0 aromatic heterocycles. The van der Waals surface area contributed by atoms with E-state index in [1.165, 1.54) is 0 Å². The fourth-order valence-electron chi connectivity index (χ4n) is 3.51. The van der Waals surface area contributed by atoms with Crippen LogP contribution in [0.15, 0.2) is 48.5 Å². The van der Waals surface area contributed by atoms with Crippen molar-refractivity contribution in [2.75, 3.05) is 29.9 Å². The van der Waals surface area contributed by atoms with Crippen LogP contribution in [0.2, 0.25) is 0 Å². The number of amides is 3. The van der Waals surface area contributed by atoms with Gasteiger partial charge in [-0.25, -0.2) is 0 Å². The van der Waals surface area contributed by atoms with Gasteiger partial charge >= 0.3 is 0 Å². The summed E-state index contributed by atoms with van der Waals surface area (Å²) in [5, 5.41) is 2.88. The number of aryl methyl sites for hydroxylation is 1. The monoisotopic (exact) mass is 393 g/mol. The lowest BCUT2D eigenvalue weighted by molar-refractivity contribution is -0.117. The maximum Gasteiger partial charge on any atom is 0.254 e. The van der Waals surface area contributed by atoms with E-state index in [4.69, 9.17) is 0 Å². The standard InChI is InChI=1S/C23H27N3O3/c1-3-13-25(16-21(27)24-20-11-5-4-8-17(20)2)23(29)18-9-6-10-19(15-18)26-14-7-12-22(26)28/h4-6,8-11,15H,3,7,12-14,16H2,1-2H3,(H,24,27). The van der Waals surface area contributed by atoms with Crippen molar-refractivity contribution >= 4 is 29.1 Å². The van der Waals surface area contributed by atoms with Crippen molar-refractivity contribution in [2.24, 2.45) is 0 Å². The quantitative estimate of drug-likeness (QED) is 0.781. The van der Waals surface area contributed by atoms with E-state index < -0.39 is 0 Å². The summed E-state index contributed by atoms with van der Waals surface area (Å²) < 4.78 is 0. The van der Waals surface area contributed by atoms with Gasteiger partial charge in [0.05, 0.1) is 0 Å². The molecule has 2 aromatic carbocycles. The molecule has 6 heteroatoms. The Morgan fingerprint density at radius 3 is 2.62 bits per heavy atom. The zero-order valence-electron chi connectivity index (χ0n) is 17.0. The molecule has 1 saturated heterocycles. The molecule has 0 spiro atoms. The van der Waals surface area contributed by atoms with Gasteiger partial charge in [-0.3, -0.25) is 14.4 Å². The number of anilines is 2. The fourth-order valence-corrected chi connectivity index (χ4v) is 3.51. The van der Waals surface area contributed by atoms with Crippen molar-refractivity contribution in [3.63, 3.8) is 0 Å². The van der Waals surface area contributed by atoms with Gasteiger partial charge in [0.15, 0.2) is 0 Å². The minimum absolute atomic E-state index is 0.0200. The van der Waals surface area contributed by atoms with E-state index in [0.717, 1.165) is 29.8 Å². The molecule has 0 radical (unpaired) electrons. The van der Waals surface area contributed by atoms with Crippen LogP contribution in [0.1, 0.15) is 42.1 Å². The highest BCUT2D eigenvalue weighted by Gasteiger charge is 2.24. The number of rotatable bonds is 7. The first-order valence-electron chi connectivity index (χ1n) is 10.0. The maximum absolute atomic E-state index is 13.1. The molecule has 0 bridgehead atoms. The second kappa shape index (κ2) is 9.37. The normalized spacial score (nSPS) is 13.4. The van der Waals surface area contributed by atoms with E-state index in [1.807, 2.05) is 44.2 Å². The van der Waals surface area contributed by atoms with Crippen LogP contribution >= 0.6 is 0 Å². The van der Waals surface area contributed by atoms with Gasteiger partial charge in [-0.1, -0.05) is 31.2 Å². The third-order valence-corrected chi connectivity index (χ3v) is 5.01. The number of benzene rings is 2. The summed E-state index contributed by atoms with van der Waals surface area (Å²) in [5.41, 5.74) is 2.94. The van der Waals surface area contributed by atoms with Crippen LogP contribution in [0, 0.1) is 6.92 Å². The van der Waals surface area contributed by atoms with Crippen LogP contribution in [0.3, 0.4) is 0 Å². The third-order valence-electron chi connectivity index (χ3n) is 5.01. The molecule has 0 atom stereocenters. The van der Waals surface area contributed by atoms with E-state index in [0.29, 0.717) is 25.1 Å². The first-order chi connectivity index (χ1) is 14.0. The molecule has 29 heavy (non-hydrogen) atoms. The Morgan fingerprint density at radius 1 is 1.14 bits per heavy atom. The van der Waals surface area contributed by atoms with Gasteiger partial charge in [0.1, 0.15) is 6.54 Å². The number of carbonyl (C=O) groups is 3. The van der Waals surface area contributed by atoms with Gasteiger partial charge < -0.3 is 15.1 Å². The van der Waals surface area contributed by atoms with Gasteiger partial charge in [-0.15, -0.1) is 0 Å². The predicted octanol–water partition coefficient (Wildman–Crippen LogP) is 3.61. The Morgan fingerprint density at radius 2 is 1.93 bits per heavy atom. The third kappa shape index (κ3) is 5.02. The minimum Gasteiger partial charge on any atom is -0.329 e. The number of para-hydroxylation sites is 1. The number of nitrogens with one attached hydrogen (secondary N) is 1. The largest absolute Gasteiger partial charge is 0.329 e. The molecule has 6 nitrogen and oxygen atoms in total. The summed E-state index contributed by atoms with van der Waals surface area (Å²) in [6.45, 7) is 5.03. The molecule has 1 aliphatic heterocycles. The molecule has 2 aromatic rings. The SMILES string of the molecule is CCCN(CC(=O)Nc1ccccc1C)C(=O)c1cccc(N2CCCC2=O)c1. The summed E-state index contributed by atoms with van der Waals surface area (Å²) in [5.74, 6) is -0.357. The molecule has 1 fully saturated rings. The first kappa shape index (κ1) is 20.6. The van der Waals surface area contributed by atoms with Crippen LogP contribution < -0.4 is 10.2 Å². The topological polar surface area (TPSA) is 69.7 Å². The molecule has 1 aliphatic rings. The second-order valence-corrected chi connectivity index (χ2v) is 7.29. The molecule has 3 amide bonds. The number of hydrogen-bond acceptors (Lipinski definition) is 3. The van der Waals surface area contributed by atoms with Crippen molar-refractivity contribution in [2.45, 2.75) is 33.1 Å². The number of nitrogens with zero attached hydrogens (tertiary/aromatic N) is 2. The van der Waals surface area contributed by atoms with E-state index in [9.17, 15) is 14.4 Å². The van der Waals surface area contributed by atoms with Crippen LogP contribution in [-0.4, -0.2) is 42.3 Å². The fraction of sp³-hybridized carbons (Fsp3) is 0.348. The van der Waals surface area contributed by atoms with Gasteiger partial charge in [-0.05, 0) is 49.6 Å². The Labute approximate surface area is 171 Å². The number of hydrogen-bond donors (Lipinski definition) is 1. The minimum atomic E-state index is -0.230. The Hall–Kier alpha value is -3.15. The zero-order valence-corrected chi connectivity index (χ0v) is 17.0. The highest BCUT2D eigenvalue weighted by Crippen LogP contribution is 2.23. The first-order valence-corrected chi connectivity index (χ1v) is 10.0. The molecule has 3 rings (SSSR count).